The normalized spacial score (nSPS) is 11.4. The Bertz CT molecular complexity index is 937. The first-order valence-corrected chi connectivity index (χ1v) is 7.67. The Morgan fingerprint density at radius 2 is 1.69 bits per heavy atom. The molecule has 26 heavy (non-hydrogen) atoms. The van der Waals surface area contributed by atoms with Crippen LogP contribution < -0.4 is 16.8 Å². The second-order valence-corrected chi connectivity index (χ2v) is 5.78. The zero-order chi connectivity index (χ0) is 18.9. The first-order chi connectivity index (χ1) is 12.2. The summed E-state index contributed by atoms with van der Waals surface area (Å²) in [5.41, 5.74) is 14.3. The first-order valence-electron chi connectivity index (χ1n) is 7.67. The largest absolute Gasteiger partial charge is 0.416 e. The lowest BCUT2D eigenvalue weighted by Gasteiger charge is -2.12. The predicted molar refractivity (Wildman–Crippen MR) is 95.8 cm³/mol. The number of hydrogen-bond acceptors (Lipinski definition) is 5. The number of nitrogens with zero attached hydrogens (tertiary/aromatic N) is 2. The van der Waals surface area contributed by atoms with Crippen molar-refractivity contribution < 1.29 is 13.2 Å². The molecule has 0 amide bonds. The number of nitrogens with two attached hydrogens (primary N) is 2. The highest BCUT2D eigenvalue weighted by Crippen LogP contribution is 2.31. The number of benzene rings is 2. The van der Waals surface area contributed by atoms with Gasteiger partial charge in [-0.3, -0.25) is 0 Å². The zero-order valence-corrected chi connectivity index (χ0v) is 13.8. The molecule has 0 aliphatic heterocycles. The molecule has 2 aromatic carbocycles. The highest BCUT2D eigenvalue weighted by Gasteiger charge is 2.29. The van der Waals surface area contributed by atoms with E-state index in [9.17, 15) is 13.2 Å². The molecule has 0 fully saturated rings. The maximum Gasteiger partial charge on any atom is 0.416 e. The van der Waals surface area contributed by atoms with Crippen molar-refractivity contribution >= 4 is 23.0 Å². The summed E-state index contributed by atoms with van der Waals surface area (Å²) in [4.78, 5) is 8.51. The van der Waals surface area contributed by atoms with Gasteiger partial charge in [0.25, 0.3) is 0 Å². The number of hydrogen-bond donors (Lipinski definition) is 3. The molecule has 1 heterocycles. The topological polar surface area (TPSA) is 89.8 Å². The summed E-state index contributed by atoms with van der Waals surface area (Å²) in [6, 6.07) is 10.1. The first kappa shape index (κ1) is 17.5. The maximum absolute atomic E-state index is 12.6. The van der Waals surface area contributed by atoms with Crippen LogP contribution in [0, 0.1) is 6.92 Å². The number of anilines is 4. The molecule has 5 N–H and O–H groups in total. The van der Waals surface area contributed by atoms with Crippen LogP contribution in [-0.4, -0.2) is 9.97 Å². The number of rotatable bonds is 3. The third-order valence-electron chi connectivity index (χ3n) is 3.75. The molecule has 0 radical (unpaired) electrons. The van der Waals surface area contributed by atoms with Gasteiger partial charge in [0.15, 0.2) is 11.6 Å². The monoisotopic (exact) mass is 359 g/mol. The van der Waals surface area contributed by atoms with Crippen molar-refractivity contribution in [2.45, 2.75) is 13.1 Å². The van der Waals surface area contributed by atoms with Gasteiger partial charge in [-0.1, -0.05) is 11.6 Å². The molecule has 0 atom stereocenters. The van der Waals surface area contributed by atoms with E-state index in [1.54, 1.807) is 6.07 Å². The van der Waals surface area contributed by atoms with Crippen LogP contribution in [0.3, 0.4) is 0 Å². The Labute approximate surface area is 147 Å². The van der Waals surface area contributed by atoms with E-state index < -0.39 is 11.7 Å². The fraction of sp³-hybridized carbons (Fsp3) is 0.111. The molecule has 0 unspecified atom stereocenters. The highest BCUT2D eigenvalue weighted by atomic mass is 19.4. The lowest BCUT2D eigenvalue weighted by atomic mass is 10.1. The van der Waals surface area contributed by atoms with E-state index in [1.165, 1.54) is 18.3 Å². The fourth-order valence-corrected chi connectivity index (χ4v) is 2.44. The molecule has 0 aliphatic carbocycles. The third kappa shape index (κ3) is 3.69. The Morgan fingerprint density at radius 3 is 2.31 bits per heavy atom. The van der Waals surface area contributed by atoms with E-state index in [4.69, 9.17) is 11.5 Å². The molecule has 134 valence electrons. The lowest BCUT2D eigenvalue weighted by molar-refractivity contribution is -0.137. The van der Waals surface area contributed by atoms with Crippen molar-refractivity contribution in [2.75, 3.05) is 16.8 Å². The average molecular weight is 359 g/mol. The van der Waals surface area contributed by atoms with Crippen molar-refractivity contribution in [2.24, 2.45) is 0 Å². The Balaban J connectivity index is 1.85. The van der Waals surface area contributed by atoms with E-state index in [-0.39, 0.29) is 5.82 Å². The maximum atomic E-state index is 12.6. The van der Waals surface area contributed by atoms with Crippen LogP contribution in [0.1, 0.15) is 11.1 Å². The summed E-state index contributed by atoms with van der Waals surface area (Å²) in [5.74, 6) is 0.483. The van der Waals surface area contributed by atoms with E-state index in [2.05, 4.69) is 15.3 Å². The molecule has 3 rings (SSSR count). The van der Waals surface area contributed by atoms with Crippen LogP contribution in [0.25, 0.3) is 11.3 Å². The molecule has 8 heteroatoms. The summed E-state index contributed by atoms with van der Waals surface area (Å²) < 4.78 is 37.8. The smallest absolute Gasteiger partial charge is 0.398 e. The second-order valence-electron chi connectivity index (χ2n) is 5.78. The summed E-state index contributed by atoms with van der Waals surface area (Å²) in [7, 11) is 0. The highest BCUT2D eigenvalue weighted by molar-refractivity contribution is 5.81. The number of halogens is 3. The summed E-state index contributed by atoms with van der Waals surface area (Å²) in [6.45, 7) is 1.92. The number of aromatic nitrogens is 2. The van der Waals surface area contributed by atoms with Gasteiger partial charge in [0, 0.05) is 16.9 Å². The minimum atomic E-state index is -4.38. The molecule has 0 saturated carbocycles. The Morgan fingerprint density at radius 1 is 1.00 bits per heavy atom. The second kappa shape index (κ2) is 6.55. The van der Waals surface area contributed by atoms with Gasteiger partial charge in [-0.05, 0) is 43.3 Å². The van der Waals surface area contributed by atoms with Crippen molar-refractivity contribution in [3.63, 3.8) is 0 Å². The molecule has 0 spiro atoms. The minimum absolute atomic E-state index is 0.166. The molecular formula is C18H16F3N5. The Hall–Kier alpha value is -3.29. The van der Waals surface area contributed by atoms with Crippen molar-refractivity contribution in [3.05, 3.63) is 59.8 Å². The number of nitrogen functional groups attached to an aromatic ring is 2. The van der Waals surface area contributed by atoms with Gasteiger partial charge in [0.05, 0.1) is 11.8 Å². The number of aryl methyl sites for hydroxylation is 1. The third-order valence-corrected chi connectivity index (χ3v) is 3.75. The van der Waals surface area contributed by atoms with Crippen LogP contribution in [0.2, 0.25) is 0 Å². The van der Waals surface area contributed by atoms with Gasteiger partial charge in [-0.25, -0.2) is 9.97 Å². The standard InChI is InChI=1S/C18H16F3N5/c1-10-2-7-14(22)13(8-10)16-17(23)26-15(9-24-16)25-12-5-3-11(4-6-12)18(19,20)21/h2-9H,22H2,1H3,(H3,23,25,26). The van der Waals surface area contributed by atoms with E-state index >= 15 is 0 Å². The lowest BCUT2D eigenvalue weighted by Crippen LogP contribution is -2.05. The average Bonchev–Trinajstić information content (AvgIpc) is 2.57. The summed E-state index contributed by atoms with van der Waals surface area (Å²) >= 11 is 0. The van der Waals surface area contributed by atoms with Gasteiger partial charge in [0.2, 0.25) is 0 Å². The SMILES string of the molecule is Cc1ccc(N)c(-c2ncc(Nc3ccc(C(F)(F)F)cc3)nc2N)c1. The fourth-order valence-electron chi connectivity index (χ4n) is 2.44. The van der Waals surface area contributed by atoms with Crippen LogP contribution >= 0.6 is 0 Å². The molecule has 0 aliphatic rings. The van der Waals surface area contributed by atoms with E-state index in [1.807, 2.05) is 19.1 Å². The van der Waals surface area contributed by atoms with E-state index in [0.29, 0.717) is 28.5 Å². The molecule has 0 bridgehead atoms. The van der Waals surface area contributed by atoms with Gasteiger partial charge < -0.3 is 16.8 Å². The van der Waals surface area contributed by atoms with Gasteiger partial charge in [-0.15, -0.1) is 0 Å². The van der Waals surface area contributed by atoms with Gasteiger partial charge in [0.1, 0.15) is 5.69 Å². The van der Waals surface area contributed by atoms with Gasteiger partial charge >= 0.3 is 6.18 Å². The van der Waals surface area contributed by atoms with Crippen LogP contribution in [-0.2, 0) is 6.18 Å². The molecular weight excluding hydrogens is 343 g/mol. The predicted octanol–water partition coefficient (Wildman–Crippen LogP) is 4.38. The number of alkyl halides is 3. The van der Waals surface area contributed by atoms with Crippen LogP contribution in [0.4, 0.5) is 36.2 Å². The molecule has 5 nitrogen and oxygen atoms in total. The molecule has 0 saturated heterocycles. The molecule has 3 aromatic rings. The van der Waals surface area contributed by atoms with Crippen molar-refractivity contribution in [1.82, 2.24) is 9.97 Å². The van der Waals surface area contributed by atoms with Crippen LogP contribution in [0.15, 0.2) is 48.7 Å². The van der Waals surface area contributed by atoms with E-state index in [0.717, 1.165) is 17.7 Å². The van der Waals surface area contributed by atoms with Crippen molar-refractivity contribution in [3.8, 4) is 11.3 Å². The quantitative estimate of drug-likeness (QED) is 0.604. The molecule has 1 aromatic heterocycles. The summed E-state index contributed by atoms with van der Waals surface area (Å²) in [5, 5.41) is 2.88. The van der Waals surface area contributed by atoms with Crippen LogP contribution in [0.5, 0.6) is 0 Å². The van der Waals surface area contributed by atoms with Gasteiger partial charge in [-0.2, -0.15) is 13.2 Å². The Kier molecular flexibility index (Phi) is 4.41. The van der Waals surface area contributed by atoms with Crippen molar-refractivity contribution in [1.29, 1.82) is 0 Å². The summed E-state index contributed by atoms with van der Waals surface area (Å²) in [6.07, 6.45) is -2.93. The minimum Gasteiger partial charge on any atom is -0.398 e. The number of nitrogens with one attached hydrogen (secondary N) is 1. The zero-order valence-electron chi connectivity index (χ0n) is 13.8.